The van der Waals surface area contributed by atoms with Crippen molar-refractivity contribution in [2.24, 2.45) is 0 Å². The lowest BCUT2D eigenvalue weighted by atomic mass is 10.1. The van der Waals surface area contributed by atoms with E-state index in [1.807, 2.05) is 0 Å². The fourth-order valence-electron chi connectivity index (χ4n) is 5.02. The first-order valence-electron chi connectivity index (χ1n) is 12.3. The molecule has 0 aromatic carbocycles. The fourth-order valence-corrected chi connectivity index (χ4v) is 6.93. The van der Waals surface area contributed by atoms with Crippen LogP contribution in [0.2, 0.25) is 0 Å². The molecule has 3 saturated heterocycles. The van der Waals surface area contributed by atoms with Crippen LogP contribution in [0.15, 0.2) is 34.5 Å². The van der Waals surface area contributed by atoms with Crippen LogP contribution in [0.3, 0.4) is 0 Å². The molecule has 20 nitrogen and oxygen atoms in total. The second kappa shape index (κ2) is 11.0. The third kappa shape index (κ3) is 5.59. The van der Waals surface area contributed by atoms with Gasteiger partial charge in [-0.2, -0.15) is 0 Å². The lowest BCUT2D eigenvalue weighted by molar-refractivity contribution is -0.0692. The SMILES string of the molecule is CO[C@@H]1[C@@H]2OP(=O)(O)OC[C@@H]3C[C@@H](OP(=O)(O)OC[C@H]2O[C@H]1n1ccc(=O)[nH]c1=O)[C@H](n1cnc2c(N)ncnc21)O3. The van der Waals surface area contributed by atoms with Gasteiger partial charge in [0.15, 0.2) is 23.9 Å². The summed E-state index contributed by atoms with van der Waals surface area (Å²) in [6, 6.07) is 1.05. The van der Waals surface area contributed by atoms with Gasteiger partial charge in [-0.3, -0.25) is 37.0 Å². The second-order valence-electron chi connectivity index (χ2n) is 9.49. The summed E-state index contributed by atoms with van der Waals surface area (Å²) >= 11 is 0. The van der Waals surface area contributed by atoms with Crippen LogP contribution in [0, 0.1) is 0 Å². The number of aromatic amines is 1. The van der Waals surface area contributed by atoms with Gasteiger partial charge in [0.25, 0.3) is 5.56 Å². The van der Waals surface area contributed by atoms with E-state index >= 15 is 0 Å². The van der Waals surface area contributed by atoms with E-state index in [9.17, 15) is 28.5 Å². The van der Waals surface area contributed by atoms with Crippen LogP contribution in [0.4, 0.5) is 5.82 Å². The number of phosphoric ester groups is 2. The molecule has 42 heavy (non-hydrogen) atoms. The molecule has 2 unspecified atom stereocenters. The van der Waals surface area contributed by atoms with E-state index in [0.29, 0.717) is 0 Å². The molecule has 3 fully saturated rings. The minimum atomic E-state index is -4.87. The van der Waals surface area contributed by atoms with E-state index in [1.165, 1.54) is 24.3 Å². The van der Waals surface area contributed by atoms with Crippen LogP contribution < -0.4 is 17.0 Å². The molecule has 0 saturated carbocycles. The number of hydrogen-bond acceptors (Lipinski definition) is 15. The largest absolute Gasteiger partial charge is 0.472 e. The van der Waals surface area contributed by atoms with Gasteiger partial charge in [0.05, 0.1) is 25.6 Å². The van der Waals surface area contributed by atoms with Crippen LogP contribution in [-0.2, 0) is 41.4 Å². The third-order valence-corrected chi connectivity index (χ3v) is 8.84. The number of nitrogens with zero attached hydrogens (tertiary/aromatic N) is 5. The fraction of sp³-hybridized carbons (Fsp3) is 0.550. The number of imidazole rings is 1. The van der Waals surface area contributed by atoms with Crippen molar-refractivity contribution in [2.75, 3.05) is 26.1 Å². The van der Waals surface area contributed by atoms with Crippen molar-refractivity contribution < 1.29 is 51.2 Å². The quantitative estimate of drug-likeness (QED) is 0.257. The standard InChI is InChI=1S/C20H25N7O13P2/c1-34-15-14-11(38-19(15)26-3-2-12(28)25-20(26)29)6-36-41(30,31)39-10-4-9(5-35-42(32,33)40-14)37-18(10)27-8-24-13-16(21)22-7-23-17(13)27/h2-3,7-11,14-15,18-19H,4-6H2,1H3,(H,30,31)(H,32,33)(H2,21,22,23)(H,25,28,29)/t9-,10+,11+,14+,15+,18+,19+/m0/s1. The Bertz CT molecular complexity index is 1700. The highest BCUT2D eigenvalue weighted by molar-refractivity contribution is 7.47. The van der Waals surface area contributed by atoms with Gasteiger partial charge in [-0.1, -0.05) is 0 Å². The maximum absolute atomic E-state index is 13.1. The molecule has 6 rings (SSSR count). The molecule has 228 valence electrons. The predicted octanol–water partition coefficient (Wildman–Crippen LogP) is -0.823. The normalized spacial score (nSPS) is 37.5. The van der Waals surface area contributed by atoms with Crippen molar-refractivity contribution in [2.45, 2.75) is 49.4 Å². The number of nitrogen functional groups attached to an aromatic ring is 1. The molecule has 2 bridgehead atoms. The van der Waals surface area contributed by atoms with Crippen molar-refractivity contribution >= 4 is 32.6 Å². The van der Waals surface area contributed by atoms with E-state index in [0.717, 1.165) is 16.8 Å². The number of hydrogen-bond donors (Lipinski definition) is 4. The van der Waals surface area contributed by atoms with Gasteiger partial charge in [0.2, 0.25) is 0 Å². The molecular formula is C20H25N7O13P2. The highest BCUT2D eigenvalue weighted by Gasteiger charge is 2.52. The molecular weight excluding hydrogens is 608 g/mol. The Morgan fingerprint density at radius 1 is 1.02 bits per heavy atom. The van der Waals surface area contributed by atoms with Gasteiger partial charge in [-0.05, 0) is 0 Å². The van der Waals surface area contributed by atoms with Crippen LogP contribution in [0.5, 0.6) is 0 Å². The van der Waals surface area contributed by atoms with E-state index < -0.39 is 83.1 Å². The van der Waals surface area contributed by atoms with Gasteiger partial charge in [0.1, 0.15) is 36.3 Å². The number of ether oxygens (including phenoxy) is 3. The Morgan fingerprint density at radius 3 is 2.55 bits per heavy atom. The number of phosphoric acid groups is 2. The van der Waals surface area contributed by atoms with Crippen molar-refractivity contribution in [3.8, 4) is 0 Å². The zero-order valence-electron chi connectivity index (χ0n) is 21.6. The molecule has 3 aliphatic rings. The number of rotatable bonds is 3. The van der Waals surface area contributed by atoms with E-state index in [2.05, 4.69) is 19.9 Å². The van der Waals surface area contributed by atoms with Crippen LogP contribution >= 0.6 is 15.6 Å². The molecule has 0 aliphatic carbocycles. The van der Waals surface area contributed by atoms with Crippen molar-refractivity contribution in [3.63, 3.8) is 0 Å². The number of nitrogens with one attached hydrogen (secondary N) is 1. The molecule has 5 N–H and O–H groups in total. The van der Waals surface area contributed by atoms with E-state index in [4.69, 9.17) is 38.0 Å². The first-order valence-corrected chi connectivity index (χ1v) is 15.3. The smallest absolute Gasteiger partial charge is 0.382 e. The van der Waals surface area contributed by atoms with Crippen LogP contribution in [-0.4, -0.2) is 89.7 Å². The molecule has 22 heteroatoms. The first-order chi connectivity index (χ1) is 19.9. The molecule has 3 aromatic rings. The molecule has 9 atom stereocenters. The summed E-state index contributed by atoms with van der Waals surface area (Å²) in [5.41, 5.74) is 4.80. The van der Waals surface area contributed by atoms with Crippen molar-refractivity contribution in [3.05, 3.63) is 45.8 Å². The number of fused-ring (bicyclic) bond motifs is 4. The number of aromatic nitrogens is 6. The Labute approximate surface area is 234 Å². The number of methoxy groups -OCH3 is 1. The Hall–Kier alpha value is -2.87. The highest BCUT2D eigenvalue weighted by atomic mass is 31.2. The highest BCUT2D eigenvalue weighted by Crippen LogP contribution is 2.53. The Balaban J connectivity index is 1.31. The van der Waals surface area contributed by atoms with Crippen molar-refractivity contribution in [1.82, 2.24) is 29.1 Å². The maximum atomic E-state index is 13.1. The summed E-state index contributed by atoms with van der Waals surface area (Å²) < 4.78 is 67.0. The van der Waals surface area contributed by atoms with Gasteiger partial charge >= 0.3 is 21.3 Å². The summed E-state index contributed by atoms with van der Waals surface area (Å²) in [4.78, 5) is 59.5. The summed E-state index contributed by atoms with van der Waals surface area (Å²) in [7, 11) is -8.51. The molecule has 6 heterocycles. The Kier molecular flexibility index (Phi) is 7.65. The lowest BCUT2D eigenvalue weighted by Crippen LogP contribution is -2.40. The van der Waals surface area contributed by atoms with Gasteiger partial charge in [-0.15, -0.1) is 0 Å². The maximum Gasteiger partial charge on any atom is 0.472 e. The van der Waals surface area contributed by atoms with Crippen LogP contribution in [0.25, 0.3) is 11.2 Å². The number of H-pyrrole nitrogens is 1. The zero-order chi connectivity index (χ0) is 29.8. The molecule has 3 aromatic heterocycles. The monoisotopic (exact) mass is 633 g/mol. The molecule has 3 aliphatic heterocycles. The number of anilines is 1. The predicted molar refractivity (Wildman–Crippen MR) is 136 cm³/mol. The topological polar surface area (TPSA) is 264 Å². The molecule has 0 amide bonds. The first kappa shape index (κ1) is 29.2. The van der Waals surface area contributed by atoms with E-state index in [1.54, 1.807) is 0 Å². The van der Waals surface area contributed by atoms with Gasteiger partial charge in [-0.25, -0.2) is 28.9 Å². The average molecular weight is 633 g/mol. The summed E-state index contributed by atoms with van der Waals surface area (Å²) in [5.74, 6) is 0.0914. The van der Waals surface area contributed by atoms with Gasteiger partial charge < -0.3 is 29.7 Å². The Morgan fingerprint density at radius 2 is 1.79 bits per heavy atom. The lowest BCUT2D eigenvalue weighted by Gasteiger charge is -2.26. The minimum Gasteiger partial charge on any atom is -0.382 e. The van der Waals surface area contributed by atoms with Crippen LogP contribution in [0.1, 0.15) is 18.9 Å². The summed E-state index contributed by atoms with van der Waals surface area (Å²) in [6.45, 7) is -1.21. The minimum absolute atomic E-state index is 0.0694. The molecule has 0 radical (unpaired) electrons. The molecule has 0 spiro atoms. The second-order valence-corrected chi connectivity index (χ2v) is 12.3. The zero-order valence-corrected chi connectivity index (χ0v) is 23.4. The third-order valence-electron chi connectivity index (χ3n) is 6.84. The van der Waals surface area contributed by atoms with Crippen molar-refractivity contribution in [1.29, 1.82) is 0 Å². The summed E-state index contributed by atoms with van der Waals surface area (Å²) in [5, 5.41) is 0. The summed E-state index contributed by atoms with van der Waals surface area (Å²) in [6.07, 6.45) is -4.95. The number of nitrogens with two attached hydrogens (primary N) is 1. The average Bonchev–Trinajstić information content (AvgIpc) is 3.61. The van der Waals surface area contributed by atoms with Gasteiger partial charge in [0, 0.05) is 25.8 Å². The van der Waals surface area contributed by atoms with E-state index in [-0.39, 0.29) is 23.4 Å².